The Bertz CT molecular complexity index is 261. The molecule has 0 aromatic heterocycles. The van der Waals surface area contributed by atoms with Crippen molar-refractivity contribution in [2.45, 2.75) is 78.0 Å². The molecule has 0 bridgehead atoms. The molecule has 4 heteroatoms. The molecule has 0 amide bonds. The molecule has 0 rings (SSSR count). The third-order valence-corrected chi connectivity index (χ3v) is 18.8. The van der Waals surface area contributed by atoms with Crippen LogP contribution in [0.3, 0.4) is 0 Å². The van der Waals surface area contributed by atoms with Gasteiger partial charge in [0, 0.05) is 22.6 Å². The Morgan fingerprint density at radius 3 is 0.688 bits per heavy atom. The lowest BCUT2D eigenvalue weighted by atomic mass is 10.5. The Labute approximate surface area is 101 Å². The highest BCUT2D eigenvalue weighted by atomic mass is 32.1. The van der Waals surface area contributed by atoms with E-state index in [9.17, 15) is 9.13 Å². The van der Waals surface area contributed by atoms with Crippen LogP contribution in [0.4, 0.5) is 0 Å². The smallest absolute Gasteiger partial charge is 0.148 e. The normalized spacial score (nSPS) is 14.5. The zero-order valence-electron chi connectivity index (χ0n) is 12.0. The molecule has 0 atom stereocenters. The molecule has 0 spiro atoms. The van der Waals surface area contributed by atoms with Gasteiger partial charge in [0.05, 0.1) is 0 Å². The first-order chi connectivity index (χ1) is 7.02. The number of hydrogen-bond donors (Lipinski definition) is 0. The van der Waals surface area contributed by atoms with Crippen molar-refractivity contribution in [1.82, 2.24) is 0 Å². The van der Waals surface area contributed by atoms with Gasteiger partial charge in [0.25, 0.3) is 0 Å². The second-order valence-electron chi connectivity index (χ2n) is 5.72. The van der Waals surface area contributed by atoms with E-state index in [1.165, 1.54) is 0 Å². The van der Waals surface area contributed by atoms with Crippen LogP contribution in [0, 0.1) is 0 Å². The summed E-state index contributed by atoms with van der Waals surface area (Å²) >= 11 is 0. The first kappa shape index (κ1) is 16.5. The van der Waals surface area contributed by atoms with Gasteiger partial charge in [-0.1, -0.05) is 55.4 Å². The second-order valence-corrected chi connectivity index (χ2v) is 16.3. The van der Waals surface area contributed by atoms with E-state index in [-0.39, 0.29) is 22.6 Å². The van der Waals surface area contributed by atoms with Gasteiger partial charge in [0.15, 0.2) is 0 Å². The van der Waals surface area contributed by atoms with Crippen LogP contribution < -0.4 is 0 Å². The lowest BCUT2D eigenvalue weighted by molar-refractivity contribution is 0.549. The van der Waals surface area contributed by atoms with Crippen LogP contribution in [0.5, 0.6) is 0 Å². The lowest BCUT2D eigenvalue weighted by Gasteiger charge is -2.39. The maximum atomic E-state index is 13.3. The summed E-state index contributed by atoms with van der Waals surface area (Å²) in [7, 11) is 0. The molecule has 0 saturated carbocycles. The van der Waals surface area contributed by atoms with Gasteiger partial charge in [-0.3, -0.25) is 0 Å². The van der Waals surface area contributed by atoms with Crippen molar-refractivity contribution in [2.75, 3.05) is 0 Å². The molecular weight excluding hydrogens is 238 g/mol. The van der Waals surface area contributed by atoms with Crippen LogP contribution in [0.15, 0.2) is 0 Å². The minimum Gasteiger partial charge on any atom is -0.315 e. The summed E-state index contributed by atoms with van der Waals surface area (Å²) in [6.07, 6.45) is 0. The van der Waals surface area contributed by atoms with Gasteiger partial charge in [-0.25, -0.2) is 0 Å². The van der Waals surface area contributed by atoms with E-state index in [0.717, 1.165) is 0 Å². The van der Waals surface area contributed by atoms with E-state index < -0.39 is 13.7 Å². The topological polar surface area (TPSA) is 34.1 Å². The molecule has 98 valence electrons. The van der Waals surface area contributed by atoms with Crippen LogP contribution >= 0.6 is 13.7 Å². The van der Waals surface area contributed by atoms with Gasteiger partial charge in [0.1, 0.15) is 13.7 Å². The molecule has 0 aromatic rings. The number of hydrogen-bond acceptors (Lipinski definition) is 2. The Kier molecular flexibility index (Phi) is 5.56. The fourth-order valence-corrected chi connectivity index (χ4v) is 16.6. The predicted molar refractivity (Wildman–Crippen MR) is 75.8 cm³/mol. The minimum atomic E-state index is -2.64. The fraction of sp³-hybridized carbons (Fsp3) is 1.00. The SMILES string of the molecule is CC(C)P(=O)(C(C)C)P(=O)(C(C)C)C(C)C. The summed E-state index contributed by atoms with van der Waals surface area (Å²) < 4.78 is 26.5. The summed E-state index contributed by atoms with van der Waals surface area (Å²) in [6.45, 7) is 10.4. The zero-order valence-corrected chi connectivity index (χ0v) is 13.8. The summed E-state index contributed by atoms with van der Waals surface area (Å²) in [5.41, 5.74) is 0.0672. The van der Waals surface area contributed by atoms with Crippen molar-refractivity contribution >= 4 is 13.7 Å². The first-order valence-electron chi connectivity index (χ1n) is 6.22. The molecule has 0 aromatic carbocycles. The highest BCUT2D eigenvalue weighted by molar-refractivity contribution is 8.37. The molecule has 0 fully saturated rings. The molecule has 0 aliphatic rings. The molecule has 0 N–H and O–H groups in total. The molecule has 0 unspecified atom stereocenters. The molecule has 16 heavy (non-hydrogen) atoms. The van der Waals surface area contributed by atoms with Crippen molar-refractivity contribution < 1.29 is 9.13 Å². The van der Waals surface area contributed by atoms with Gasteiger partial charge in [0.2, 0.25) is 0 Å². The van der Waals surface area contributed by atoms with Crippen LogP contribution in [-0.2, 0) is 9.13 Å². The van der Waals surface area contributed by atoms with Crippen molar-refractivity contribution in [1.29, 1.82) is 0 Å². The quantitative estimate of drug-likeness (QED) is 0.636. The highest BCUT2D eigenvalue weighted by Gasteiger charge is 2.51. The van der Waals surface area contributed by atoms with E-state index in [4.69, 9.17) is 0 Å². The monoisotopic (exact) mass is 266 g/mol. The van der Waals surface area contributed by atoms with E-state index in [2.05, 4.69) is 0 Å². The largest absolute Gasteiger partial charge is 0.315 e. The van der Waals surface area contributed by atoms with Crippen molar-refractivity contribution in [2.24, 2.45) is 0 Å². The second kappa shape index (κ2) is 5.40. The van der Waals surface area contributed by atoms with Crippen LogP contribution in [0.1, 0.15) is 55.4 Å². The Morgan fingerprint density at radius 2 is 0.625 bits per heavy atom. The molecule has 0 aliphatic carbocycles. The summed E-state index contributed by atoms with van der Waals surface area (Å²) in [5.74, 6) is 0. The average Bonchev–Trinajstić information content (AvgIpc) is 2.13. The summed E-state index contributed by atoms with van der Waals surface area (Å²) in [5, 5.41) is 0. The molecule has 0 radical (unpaired) electrons. The zero-order chi connectivity index (χ0) is 13.3. The van der Waals surface area contributed by atoms with E-state index in [1.807, 2.05) is 55.4 Å². The van der Waals surface area contributed by atoms with Crippen molar-refractivity contribution in [3.63, 3.8) is 0 Å². The summed E-state index contributed by atoms with van der Waals surface area (Å²) in [4.78, 5) is 0. The maximum Gasteiger partial charge on any atom is 0.148 e. The van der Waals surface area contributed by atoms with Gasteiger partial charge < -0.3 is 9.13 Å². The van der Waals surface area contributed by atoms with Crippen LogP contribution in [0.25, 0.3) is 0 Å². The Hall–Kier alpha value is 0.460. The van der Waals surface area contributed by atoms with E-state index in [0.29, 0.717) is 0 Å². The van der Waals surface area contributed by atoms with Gasteiger partial charge in [-0.05, 0) is 0 Å². The predicted octanol–water partition coefficient (Wildman–Crippen LogP) is 5.26. The van der Waals surface area contributed by atoms with E-state index >= 15 is 0 Å². The first-order valence-corrected chi connectivity index (χ1v) is 10.6. The minimum absolute atomic E-state index is 0.0168. The molecule has 0 heterocycles. The lowest BCUT2D eigenvalue weighted by Crippen LogP contribution is -2.18. The molecule has 0 aliphatic heterocycles. The van der Waals surface area contributed by atoms with Crippen LogP contribution in [-0.4, -0.2) is 22.6 Å². The Balaban J connectivity index is 5.87. The highest BCUT2D eigenvalue weighted by Crippen LogP contribution is 2.88. The third-order valence-electron chi connectivity index (χ3n) is 3.45. The molecule has 0 saturated heterocycles. The van der Waals surface area contributed by atoms with Crippen LogP contribution in [0.2, 0.25) is 0 Å². The van der Waals surface area contributed by atoms with Gasteiger partial charge in [-0.2, -0.15) is 0 Å². The Morgan fingerprint density at radius 1 is 0.500 bits per heavy atom. The molecule has 2 nitrogen and oxygen atoms in total. The van der Waals surface area contributed by atoms with E-state index in [1.54, 1.807) is 0 Å². The maximum absolute atomic E-state index is 13.3. The van der Waals surface area contributed by atoms with Crippen molar-refractivity contribution in [3.8, 4) is 0 Å². The number of rotatable bonds is 5. The fourth-order valence-electron chi connectivity index (χ4n) is 2.64. The van der Waals surface area contributed by atoms with Crippen molar-refractivity contribution in [3.05, 3.63) is 0 Å². The standard InChI is InChI=1S/C12H28O2P2/c1-9(2)15(13,10(3)4)16(14,11(5)6)12(7)8/h9-12H,1-8H3. The van der Waals surface area contributed by atoms with Gasteiger partial charge in [-0.15, -0.1) is 0 Å². The average molecular weight is 266 g/mol. The summed E-state index contributed by atoms with van der Waals surface area (Å²) in [6, 6.07) is 0. The molecular formula is C12H28O2P2. The third kappa shape index (κ3) is 2.34. The van der Waals surface area contributed by atoms with Gasteiger partial charge >= 0.3 is 0 Å².